The molecule has 0 unspecified atom stereocenters. The normalized spacial score (nSPS) is 11.4. The van der Waals surface area contributed by atoms with Crippen LogP contribution in [0.3, 0.4) is 0 Å². The van der Waals surface area contributed by atoms with Gasteiger partial charge in [0.25, 0.3) is 5.56 Å². The summed E-state index contributed by atoms with van der Waals surface area (Å²) in [5.41, 5.74) is 2.83. The first kappa shape index (κ1) is 20.7. The van der Waals surface area contributed by atoms with Crippen LogP contribution in [0, 0.1) is 0 Å². The van der Waals surface area contributed by atoms with Gasteiger partial charge in [-0.2, -0.15) is 0 Å². The SMILES string of the molecule is O=c1c2sc3ncccc3c2nc(SCc2cccc(Br)c2)n1Cc1ccc(Cl)cc1. The molecule has 0 N–H and O–H groups in total. The molecule has 3 heterocycles. The third-order valence-corrected chi connectivity index (χ3v) is 7.71. The molecule has 2 aromatic carbocycles. The zero-order valence-corrected chi connectivity index (χ0v) is 20.1. The van der Waals surface area contributed by atoms with Crippen molar-refractivity contribution >= 4 is 71.1 Å². The largest absolute Gasteiger partial charge is 0.282 e. The molecule has 4 nitrogen and oxygen atoms in total. The number of halogens is 2. The maximum Gasteiger partial charge on any atom is 0.272 e. The number of thiophene rings is 1. The molecule has 31 heavy (non-hydrogen) atoms. The van der Waals surface area contributed by atoms with Crippen molar-refractivity contribution in [2.24, 2.45) is 0 Å². The maximum atomic E-state index is 13.5. The monoisotopic (exact) mass is 527 g/mol. The topological polar surface area (TPSA) is 47.8 Å². The van der Waals surface area contributed by atoms with Crippen LogP contribution in [-0.2, 0) is 12.3 Å². The molecule has 0 aliphatic rings. The van der Waals surface area contributed by atoms with Crippen molar-refractivity contribution < 1.29 is 0 Å². The van der Waals surface area contributed by atoms with Gasteiger partial charge in [-0.25, -0.2) is 9.97 Å². The van der Waals surface area contributed by atoms with Crippen molar-refractivity contribution in [3.8, 4) is 0 Å². The lowest BCUT2D eigenvalue weighted by atomic mass is 10.2. The molecule has 5 rings (SSSR count). The van der Waals surface area contributed by atoms with Gasteiger partial charge in [-0.05, 0) is 47.5 Å². The Morgan fingerprint density at radius 2 is 1.90 bits per heavy atom. The number of aromatic nitrogens is 3. The average molecular weight is 529 g/mol. The third-order valence-electron chi connectivity index (χ3n) is 4.83. The van der Waals surface area contributed by atoms with E-state index in [9.17, 15) is 4.79 Å². The molecule has 0 fully saturated rings. The Kier molecular flexibility index (Phi) is 5.84. The predicted molar refractivity (Wildman–Crippen MR) is 133 cm³/mol. The molecule has 0 amide bonds. The Hall–Kier alpha value is -2.19. The van der Waals surface area contributed by atoms with Crippen LogP contribution in [0.5, 0.6) is 0 Å². The van der Waals surface area contributed by atoms with E-state index in [4.69, 9.17) is 16.6 Å². The molecule has 154 valence electrons. The number of fused-ring (bicyclic) bond motifs is 3. The van der Waals surface area contributed by atoms with Crippen molar-refractivity contribution in [1.29, 1.82) is 0 Å². The lowest BCUT2D eigenvalue weighted by Gasteiger charge is -2.12. The molecule has 8 heteroatoms. The van der Waals surface area contributed by atoms with Crippen molar-refractivity contribution in [3.05, 3.63) is 97.8 Å². The Morgan fingerprint density at radius 1 is 1.06 bits per heavy atom. The van der Waals surface area contributed by atoms with Crippen LogP contribution in [0.1, 0.15) is 11.1 Å². The first-order chi connectivity index (χ1) is 15.1. The minimum absolute atomic E-state index is 0.0420. The highest BCUT2D eigenvalue weighted by molar-refractivity contribution is 9.10. The second kappa shape index (κ2) is 8.74. The molecule has 0 spiro atoms. The molecule has 5 aromatic rings. The molecule has 0 aliphatic heterocycles. The van der Waals surface area contributed by atoms with E-state index < -0.39 is 0 Å². The van der Waals surface area contributed by atoms with Gasteiger partial charge in [0.05, 0.1) is 12.1 Å². The summed E-state index contributed by atoms with van der Waals surface area (Å²) in [5.74, 6) is 0.707. The number of benzene rings is 2. The minimum Gasteiger partial charge on any atom is -0.282 e. The summed E-state index contributed by atoms with van der Waals surface area (Å²) >= 11 is 12.5. The molecule has 3 aromatic heterocycles. The van der Waals surface area contributed by atoms with Crippen molar-refractivity contribution in [2.75, 3.05) is 0 Å². The zero-order valence-electron chi connectivity index (χ0n) is 16.1. The summed E-state index contributed by atoms with van der Waals surface area (Å²) in [4.78, 5) is 23.7. The first-order valence-corrected chi connectivity index (χ1v) is 12.5. The van der Waals surface area contributed by atoms with Gasteiger partial charge in [-0.1, -0.05) is 63.6 Å². The van der Waals surface area contributed by atoms with Crippen molar-refractivity contribution in [1.82, 2.24) is 14.5 Å². The van der Waals surface area contributed by atoms with E-state index in [0.29, 0.717) is 27.2 Å². The van der Waals surface area contributed by atoms with E-state index in [0.717, 1.165) is 31.3 Å². The molecular weight excluding hydrogens is 514 g/mol. The average Bonchev–Trinajstić information content (AvgIpc) is 3.15. The number of nitrogens with zero attached hydrogens (tertiary/aromatic N) is 3. The highest BCUT2D eigenvalue weighted by atomic mass is 79.9. The molecule has 0 atom stereocenters. The Balaban J connectivity index is 1.63. The van der Waals surface area contributed by atoms with Crippen LogP contribution in [0.4, 0.5) is 0 Å². The summed E-state index contributed by atoms with van der Waals surface area (Å²) in [7, 11) is 0. The Morgan fingerprint density at radius 3 is 2.71 bits per heavy atom. The van der Waals surface area contributed by atoms with Gasteiger partial charge < -0.3 is 0 Å². The van der Waals surface area contributed by atoms with E-state index in [1.165, 1.54) is 11.3 Å². The summed E-state index contributed by atoms with van der Waals surface area (Å²) in [6.07, 6.45) is 1.74. The van der Waals surface area contributed by atoms with E-state index in [2.05, 4.69) is 33.0 Å². The fourth-order valence-corrected chi connectivity index (χ4v) is 5.88. The van der Waals surface area contributed by atoms with Crippen LogP contribution in [0.15, 0.2) is 81.3 Å². The lowest BCUT2D eigenvalue weighted by Crippen LogP contribution is -2.23. The minimum atomic E-state index is -0.0420. The first-order valence-electron chi connectivity index (χ1n) is 9.48. The fraction of sp³-hybridized carbons (Fsp3) is 0.0870. The number of hydrogen-bond acceptors (Lipinski definition) is 5. The van der Waals surface area contributed by atoms with Crippen LogP contribution in [0.2, 0.25) is 5.02 Å². The maximum absolute atomic E-state index is 13.5. The quantitative estimate of drug-likeness (QED) is 0.187. The van der Waals surface area contributed by atoms with Gasteiger partial charge in [0.1, 0.15) is 9.53 Å². The fourth-order valence-electron chi connectivity index (χ4n) is 3.34. The van der Waals surface area contributed by atoms with Crippen LogP contribution in [0.25, 0.3) is 20.4 Å². The summed E-state index contributed by atoms with van der Waals surface area (Å²) in [6.45, 7) is 0.432. The Bertz CT molecular complexity index is 1460. The molecular formula is C23H15BrClN3OS2. The second-order valence-electron chi connectivity index (χ2n) is 6.97. The summed E-state index contributed by atoms with van der Waals surface area (Å²) < 4.78 is 3.42. The van der Waals surface area contributed by atoms with Gasteiger partial charge in [-0.15, -0.1) is 11.3 Å². The van der Waals surface area contributed by atoms with Gasteiger partial charge in [0.2, 0.25) is 0 Å². The zero-order chi connectivity index (χ0) is 21.4. The van der Waals surface area contributed by atoms with Crippen molar-refractivity contribution in [2.45, 2.75) is 17.5 Å². The Labute approximate surface area is 200 Å². The highest BCUT2D eigenvalue weighted by Gasteiger charge is 2.17. The van der Waals surface area contributed by atoms with Gasteiger partial charge >= 0.3 is 0 Å². The van der Waals surface area contributed by atoms with Crippen LogP contribution < -0.4 is 5.56 Å². The number of hydrogen-bond donors (Lipinski definition) is 0. The standard InChI is InChI=1S/C23H15BrClN3OS2/c24-16-4-1-3-15(11-16)13-30-23-27-19-18-5-2-10-26-21(18)31-20(19)22(29)28(23)12-14-6-8-17(25)9-7-14/h1-11H,12-13H2. The summed E-state index contributed by atoms with van der Waals surface area (Å²) in [5, 5.41) is 2.28. The van der Waals surface area contributed by atoms with E-state index in [-0.39, 0.29) is 5.56 Å². The van der Waals surface area contributed by atoms with Crippen LogP contribution in [-0.4, -0.2) is 14.5 Å². The van der Waals surface area contributed by atoms with Gasteiger partial charge in [0.15, 0.2) is 5.16 Å². The molecule has 0 bridgehead atoms. The van der Waals surface area contributed by atoms with Gasteiger partial charge in [0, 0.05) is 26.8 Å². The summed E-state index contributed by atoms with van der Waals surface area (Å²) in [6, 6.07) is 19.6. The number of rotatable bonds is 5. The van der Waals surface area contributed by atoms with E-state index >= 15 is 0 Å². The molecule has 0 aliphatic carbocycles. The highest BCUT2D eigenvalue weighted by Crippen LogP contribution is 2.31. The smallest absolute Gasteiger partial charge is 0.272 e. The third kappa shape index (κ3) is 4.28. The van der Waals surface area contributed by atoms with Crippen LogP contribution >= 0.6 is 50.6 Å². The van der Waals surface area contributed by atoms with Gasteiger partial charge in [-0.3, -0.25) is 9.36 Å². The number of pyridine rings is 1. The predicted octanol–water partition coefficient (Wildman–Crippen LogP) is 6.76. The van der Waals surface area contributed by atoms with E-state index in [1.807, 2.05) is 48.5 Å². The lowest BCUT2D eigenvalue weighted by molar-refractivity contribution is 0.659. The molecule has 0 saturated heterocycles. The second-order valence-corrected chi connectivity index (χ2v) is 10.3. The molecule has 0 saturated carbocycles. The molecule has 0 radical (unpaired) electrons. The van der Waals surface area contributed by atoms with Crippen molar-refractivity contribution in [3.63, 3.8) is 0 Å². The van der Waals surface area contributed by atoms with E-state index in [1.54, 1.807) is 22.5 Å². The number of thioether (sulfide) groups is 1.